The van der Waals surface area contributed by atoms with E-state index in [9.17, 15) is 22.0 Å². The second-order valence-electron chi connectivity index (χ2n) is 3.01. The van der Waals surface area contributed by atoms with Gasteiger partial charge in [-0.15, -0.1) is 13.2 Å². The number of ether oxygens (including phenoxy) is 2. The monoisotopic (exact) mass is 335 g/mol. The fraction of sp³-hybridized carbons (Fsp3) is 0.444. The molecule has 0 saturated carbocycles. The Morgan fingerprint density at radius 1 is 1.39 bits per heavy atom. The Balaban J connectivity index is 3.35. The molecule has 1 aromatic heterocycles. The summed E-state index contributed by atoms with van der Waals surface area (Å²) in [5.41, 5.74) is -1.24. The number of methoxy groups -OCH3 is 1. The topological polar surface area (TPSA) is 31.4 Å². The van der Waals surface area contributed by atoms with Crippen molar-refractivity contribution in [3.05, 3.63) is 17.3 Å². The highest BCUT2D eigenvalue weighted by atomic mass is 79.9. The Hall–Kier alpha value is -1.12. The molecular formula is C9H7BrF5NO2. The quantitative estimate of drug-likeness (QED) is 0.619. The average Bonchev–Trinajstić information content (AvgIpc) is 2.26. The van der Waals surface area contributed by atoms with E-state index in [4.69, 9.17) is 0 Å². The van der Waals surface area contributed by atoms with E-state index < -0.39 is 24.1 Å². The largest absolute Gasteiger partial charge is 0.573 e. The molecule has 0 N–H and O–H groups in total. The first kappa shape index (κ1) is 14.9. The maximum atomic E-state index is 12.7. The zero-order valence-corrected chi connectivity index (χ0v) is 10.5. The van der Waals surface area contributed by atoms with Crippen molar-refractivity contribution in [2.24, 2.45) is 0 Å². The van der Waals surface area contributed by atoms with Crippen molar-refractivity contribution in [3.63, 3.8) is 0 Å². The third-order valence-electron chi connectivity index (χ3n) is 1.84. The molecule has 0 spiro atoms. The fourth-order valence-corrected chi connectivity index (χ4v) is 1.55. The molecule has 0 fully saturated rings. The normalized spacial score (nSPS) is 11.8. The lowest BCUT2D eigenvalue weighted by molar-refractivity contribution is -0.275. The van der Waals surface area contributed by atoms with Gasteiger partial charge in [0.05, 0.1) is 18.4 Å². The van der Waals surface area contributed by atoms with Gasteiger partial charge in [0.15, 0.2) is 5.75 Å². The van der Waals surface area contributed by atoms with Gasteiger partial charge in [0.1, 0.15) is 0 Å². The molecule has 1 heterocycles. The Kier molecular flexibility index (Phi) is 4.71. The van der Waals surface area contributed by atoms with Gasteiger partial charge < -0.3 is 9.47 Å². The first-order chi connectivity index (χ1) is 8.28. The van der Waals surface area contributed by atoms with Gasteiger partial charge in [0.2, 0.25) is 5.88 Å². The SMILES string of the molecule is COc1cc(C(F)F)c(OC(F)(F)F)c(CBr)n1. The molecular weight excluding hydrogens is 329 g/mol. The summed E-state index contributed by atoms with van der Waals surface area (Å²) in [6, 6.07) is 0.706. The van der Waals surface area contributed by atoms with Gasteiger partial charge in [-0.25, -0.2) is 13.8 Å². The molecule has 102 valence electrons. The maximum Gasteiger partial charge on any atom is 0.573 e. The molecule has 3 nitrogen and oxygen atoms in total. The summed E-state index contributed by atoms with van der Waals surface area (Å²) in [6.07, 6.45) is -8.21. The molecule has 0 bridgehead atoms. The van der Waals surface area contributed by atoms with Gasteiger partial charge in [0.25, 0.3) is 6.43 Å². The highest BCUT2D eigenvalue weighted by Gasteiger charge is 2.35. The highest BCUT2D eigenvalue weighted by molar-refractivity contribution is 9.08. The lowest BCUT2D eigenvalue weighted by atomic mass is 10.2. The number of hydrogen-bond acceptors (Lipinski definition) is 3. The van der Waals surface area contributed by atoms with Crippen LogP contribution in [-0.2, 0) is 5.33 Å². The van der Waals surface area contributed by atoms with Gasteiger partial charge in [0, 0.05) is 11.4 Å². The number of aromatic nitrogens is 1. The molecule has 0 amide bonds. The smallest absolute Gasteiger partial charge is 0.481 e. The molecule has 0 saturated heterocycles. The predicted octanol–water partition coefficient (Wildman–Crippen LogP) is 3.82. The third kappa shape index (κ3) is 3.69. The van der Waals surface area contributed by atoms with Crippen LogP contribution in [0, 0.1) is 0 Å². The van der Waals surface area contributed by atoms with Crippen molar-refractivity contribution in [2.75, 3.05) is 7.11 Å². The summed E-state index contributed by atoms with van der Waals surface area (Å²) in [5.74, 6) is -1.22. The van der Waals surface area contributed by atoms with E-state index in [2.05, 4.69) is 30.4 Å². The first-order valence-corrected chi connectivity index (χ1v) is 5.58. The minimum Gasteiger partial charge on any atom is -0.481 e. The van der Waals surface area contributed by atoms with E-state index in [1.54, 1.807) is 0 Å². The van der Waals surface area contributed by atoms with Crippen LogP contribution in [0.5, 0.6) is 11.6 Å². The van der Waals surface area contributed by atoms with Gasteiger partial charge in [-0.05, 0) is 0 Å². The minimum absolute atomic E-state index is 0.185. The molecule has 0 aliphatic heterocycles. The molecule has 0 radical (unpaired) electrons. The summed E-state index contributed by atoms with van der Waals surface area (Å²) in [7, 11) is 1.17. The second kappa shape index (κ2) is 5.68. The summed E-state index contributed by atoms with van der Waals surface area (Å²) < 4.78 is 70.0. The number of rotatable bonds is 4. The Morgan fingerprint density at radius 3 is 2.39 bits per heavy atom. The number of nitrogens with zero attached hydrogens (tertiary/aromatic N) is 1. The summed E-state index contributed by atoms with van der Waals surface area (Å²) in [4.78, 5) is 3.61. The van der Waals surface area contributed by atoms with Crippen molar-refractivity contribution in [1.29, 1.82) is 0 Å². The molecule has 1 rings (SSSR count). The molecule has 0 aromatic carbocycles. The van der Waals surface area contributed by atoms with Crippen molar-refractivity contribution in [3.8, 4) is 11.6 Å². The van der Waals surface area contributed by atoms with E-state index >= 15 is 0 Å². The molecule has 9 heteroatoms. The number of pyridine rings is 1. The zero-order chi connectivity index (χ0) is 13.9. The Bertz CT molecular complexity index is 424. The van der Waals surface area contributed by atoms with Crippen molar-refractivity contribution >= 4 is 15.9 Å². The van der Waals surface area contributed by atoms with Crippen molar-refractivity contribution in [2.45, 2.75) is 18.1 Å². The van der Waals surface area contributed by atoms with Crippen LogP contribution in [0.3, 0.4) is 0 Å². The van der Waals surface area contributed by atoms with Gasteiger partial charge in [-0.1, -0.05) is 15.9 Å². The standard InChI is InChI=1S/C9H7BrF5NO2/c1-17-6-2-4(8(11)12)7(5(3-10)16-6)18-9(13,14)15/h2,8H,3H2,1H3. The van der Waals surface area contributed by atoms with Crippen LogP contribution < -0.4 is 9.47 Å². The Labute approximate surface area is 107 Å². The van der Waals surface area contributed by atoms with E-state index in [0.717, 1.165) is 0 Å². The van der Waals surface area contributed by atoms with Crippen LogP contribution in [-0.4, -0.2) is 18.5 Å². The van der Waals surface area contributed by atoms with Gasteiger partial charge in [-0.2, -0.15) is 0 Å². The lowest BCUT2D eigenvalue weighted by Crippen LogP contribution is -2.20. The molecule has 0 atom stereocenters. The summed E-state index contributed by atoms with van der Waals surface area (Å²) in [6.45, 7) is 0. The van der Waals surface area contributed by atoms with Crippen LogP contribution in [0.1, 0.15) is 17.7 Å². The highest BCUT2D eigenvalue weighted by Crippen LogP contribution is 2.37. The van der Waals surface area contributed by atoms with Crippen LogP contribution in [0.15, 0.2) is 6.07 Å². The van der Waals surface area contributed by atoms with Crippen molar-refractivity contribution in [1.82, 2.24) is 4.98 Å². The van der Waals surface area contributed by atoms with Crippen LogP contribution in [0.25, 0.3) is 0 Å². The average molecular weight is 336 g/mol. The zero-order valence-electron chi connectivity index (χ0n) is 8.89. The van der Waals surface area contributed by atoms with Gasteiger partial charge in [-0.3, -0.25) is 0 Å². The van der Waals surface area contributed by atoms with Crippen molar-refractivity contribution < 1.29 is 31.4 Å². The molecule has 0 unspecified atom stereocenters. The van der Waals surface area contributed by atoms with E-state index in [0.29, 0.717) is 6.07 Å². The molecule has 0 aliphatic carbocycles. The lowest BCUT2D eigenvalue weighted by Gasteiger charge is -2.16. The van der Waals surface area contributed by atoms with Crippen LogP contribution >= 0.6 is 15.9 Å². The van der Waals surface area contributed by atoms with Crippen LogP contribution in [0.4, 0.5) is 22.0 Å². The van der Waals surface area contributed by atoms with E-state index in [-0.39, 0.29) is 16.9 Å². The number of alkyl halides is 6. The summed E-state index contributed by atoms with van der Waals surface area (Å²) in [5, 5.41) is -0.185. The Morgan fingerprint density at radius 2 is 2.00 bits per heavy atom. The minimum atomic E-state index is -5.07. The number of hydrogen-bond donors (Lipinski definition) is 0. The van der Waals surface area contributed by atoms with E-state index in [1.807, 2.05) is 0 Å². The molecule has 18 heavy (non-hydrogen) atoms. The molecule has 1 aromatic rings. The fourth-order valence-electron chi connectivity index (χ4n) is 1.17. The van der Waals surface area contributed by atoms with Crippen LogP contribution in [0.2, 0.25) is 0 Å². The predicted molar refractivity (Wildman–Crippen MR) is 55.1 cm³/mol. The number of halogens is 6. The maximum absolute atomic E-state index is 12.7. The second-order valence-corrected chi connectivity index (χ2v) is 3.57. The van der Waals surface area contributed by atoms with E-state index in [1.165, 1.54) is 7.11 Å². The summed E-state index contributed by atoms with van der Waals surface area (Å²) >= 11 is 2.85. The molecule has 0 aliphatic rings. The third-order valence-corrected chi connectivity index (χ3v) is 2.37. The van der Waals surface area contributed by atoms with Gasteiger partial charge >= 0.3 is 6.36 Å². The first-order valence-electron chi connectivity index (χ1n) is 4.46.